The van der Waals surface area contributed by atoms with Crippen LogP contribution in [0.5, 0.6) is 0 Å². The van der Waals surface area contributed by atoms with E-state index in [1.165, 1.54) is 18.6 Å². The summed E-state index contributed by atoms with van der Waals surface area (Å²) < 4.78 is 0. The van der Waals surface area contributed by atoms with Crippen molar-refractivity contribution >= 4 is 23.4 Å². The second-order valence-corrected chi connectivity index (χ2v) is 6.52. The average molecular weight is 266 g/mol. The van der Waals surface area contributed by atoms with Gasteiger partial charge in [0.25, 0.3) is 0 Å². The minimum absolute atomic E-state index is 0.300. The molecule has 1 fully saturated rings. The van der Waals surface area contributed by atoms with Gasteiger partial charge in [0.1, 0.15) is 17.5 Å². The summed E-state index contributed by atoms with van der Waals surface area (Å²) in [6, 6.07) is 0. The van der Waals surface area contributed by atoms with Gasteiger partial charge in [-0.15, -0.1) is 0 Å². The van der Waals surface area contributed by atoms with Crippen LogP contribution in [0.2, 0.25) is 0 Å². The van der Waals surface area contributed by atoms with Gasteiger partial charge in [-0.3, -0.25) is 0 Å². The molecule has 1 atom stereocenters. The Bertz CT molecular complexity index is 414. The van der Waals surface area contributed by atoms with Crippen molar-refractivity contribution in [1.82, 2.24) is 9.97 Å². The van der Waals surface area contributed by atoms with Crippen molar-refractivity contribution in [3.05, 3.63) is 11.4 Å². The highest BCUT2D eigenvalue weighted by Gasteiger charge is 2.17. The standard InChI is InChI=1S/C13H22N4S/c1-8(2)12-16-11(14)9(3)13(17-12)15-7-10-5-4-6-18-10/h8,10H,4-7H2,1-3H3,(H3,14,15,16,17). The van der Waals surface area contributed by atoms with Crippen LogP contribution in [0.15, 0.2) is 0 Å². The van der Waals surface area contributed by atoms with Crippen molar-refractivity contribution in [2.45, 2.75) is 44.8 Å². The van der Waals surface area contributed by atoms with Crippen LogP contribution in [0.1, 0.15) is 44.0 Å². The quantitative estimate of drug-likeness (QED) is 0.877. The highest BCUT2D eigenvalue weighted by atomic mass is 32.2. The van der Waals surface area contributed by atoms with Gasteiger partial charge in [0, 0.05) is 23.3 Å². The van der Waals surface area contributed by atoms with Crippen molar-refractivity contribution in [3.63, 3.8) is 0 Å². The molecular weight excluding hydrogens is 244 g/mol. The predicted molar refractivity (Wildman–Crippen MR) is 79.2 cm³/mol. The topological polar surface area (TPSA) is 63.8 Å². The molecule has 5 heteroatoms. The lowest BCUT2D eigenvalue weighted by atomic mass is 10.2. The van der Waals surface area contributed by atoms with E-state index >= 15 is 0 Å². The summed E-state index contributed by atoms with van der Waals surface area (Å²) in [5.41, 5.74) is 6.91. The molecule has 0 aliphatic carbocycles. The van der Waals surface area contributed by atoms with E-state index in [9.17, 15) is 0 Å². The maximum Gasteiger partial charge on any atom is 0.135 e. The number of nitrogen functional groups attached to an aromatic ring is 1. The molecule has 1 aliphatic heterocycles. The van der Waals surface area contributed by atoms with Gasteiger partial charge in [-0.05, 0) is 25.5 Å². The highest BCUT2D eigenvalue weighted by Crippen LogP contribution is 2.27. The Labute approximate surface area is 113 Å². The number of hydrogen-bond donors (Lipinski definition) is 2. The van der Waals surface area contributed by atoms with Gasteiger partial charge in [-0.25, -0.2) is 9.97 Å². The summed E-state index contributed by atoms with van der Waals surface area (Å²) in [5, 5.41) is 4.15. The van der Waals surface area contributed by atoms with Gasteiger partial charge < -0.3 is 11.1 Å². The molecule has 0 amide bonds. The van der Waals surface area contributed by atoms with E-state index in [0.717, 1.165) is 23.8 Å². The number of thioether (sulfide) groups is 1. The van der Waals surface area contributed by atoms with Crippen LogP contribution in [-0.2, 0) is 0 Å². The molecule has 4 nitrogen and oxygen atoms in total. The molecule has 3 N–H and O–H groups in total. The van der Waals surface area contributed by atoms with E-state index in [1.54, 1.807) is 0 Å². The number of aromatic nitrogens is 2. The Morgan fingerprint density at radius 1 is 1.44 bits per heavy atom. The lowest BCUT2D eigenvalue weighted by Crippen LogP contribution is -2.17. The fourth-order valence-corrected chi connectivity index (χ4v) is 3.20. The first-order valence-corrected chi connectivity index (χ1v) is 7.62. The average Bonchev–Trinajstić information content (AvgIpc) is 2.83. The molecule has 1 saturated heterocycles. The highest BCUT2D eigenvalue weighted by molar-refractivity contribution is 8.00. The first-order chi connectivity index (χ1) is 8.58. The van der Waals surface area contributed by atoms with E-state index in [0.29, 0.717) is 17.0 Å². The number of nitrogens with one attached hydrogen (secondary N) is 1. The monoisotopic (exact) mass is 266 g/mol. The van der Waals surface area contributed by atoms with Crippen molar-refractivity contribution in [2.24, 2.45) is 0 Å². The number of rotatable bonds is 4. The third-order valence-corrected chi connectivity index (χ3v) is 4.64. The summed E-state index contributed by atoms with van der Waals surface area (Å²) in [7, 11) is 0. The molecule has 1 unspecified atom stereocenters. The van der Waals surface area contributed by atoms with Crippen LogP contribution in [0, 0.1) is 6.92 Å². The Kier molecular flexibility index (Phi) is 4.32. The maximum absolute atomic E-state index is 5.95. The first-order valence-electron chi connectivity index (χ1n) is 6.57. The Balaban J connectivity index is 2.10. The SMILES string of the molecule is Cc1c(N)nc(C(C)C)nc1NCC1CCCS1. The van der Waals surface area contributed by atoms with Gasteiger partial charge in [0.05, 0.1) is 0 Å². The molecule has 100 valence electrons. The van der Waals surface area contributed by atoms with Gasteiger partial charge in [-0.2, -0.15) is 11.8 Å². The summed E-state index contributed by atoms with van der Waals surface area (Å²) in [6.45, 7) is 7.12. The first kappa shape index (κ1) is 13.5. The molecule has 0 aromatic carbocycles. The molecular formula is C13H22N4S. The zero-order valence-electron chi connectivity index (χ0n) is 11.4. The third-order valence-electron chi connectivity index (χ3n) is 3.24. The number of anilines is 2. The minimum Gasteiger partial charge on any atom is -0.383 e. The molecule has 0 saturated carbocycles. The Hall–Kier alpha value is -0.970. The van der Waals surface area contributed by atoms with Crippen LogP contribution in [0.4, 0.5) is 11.6 Å². The predicted octanol–water partition coefficient (Wildman–Crippen LogP) is 2.80. The summed E-state index contributed by atoms with van der Waals surface area (Å²) in [4.78, 5) is 8.92. The normalized spacial score (nSPS) is 19.4. The Morgan fingerprint density at radius 2 is 2.22 bits per heavy atom. The zero-order valence-corrected chi connectivity index (χ0v) is 12.2. The van der Waals surface area contributed by atoms with E-state index in [1.807, 2.05) is 18.7 Å². The number of hydrogen-bond acceptors (Lipinski definition) is 5. The second kappa shape index (κ2) is 5.78. The molecule has 1 aromatic heterocycles. The van der Waals surface area contributed by atoms with Crippen molar-refractivity contribution in [2.75, 3.05) is 23.3 Å². The molecule has 0 bridgehead atoms. The third kappa shape index (κ3) is 3.07. The van der Waals surface area contributed by atoms with Crippen LogP contribution in [0.3, 0.4) is 0 Å². The van der Waals surface area contributed by atoms with Crippen LogP contribution < -0.4 is 11.1 Å². The molecule has 18 heavy (non-hydrogen) atoms. The molecule has 0 spiro atoms. The number of nitrogens with two attached hydrogens (primary N) is 1. The van der Waals surface area contributed by atoms with E-state index in [4.69, 9.17) is 5.73 Å². The second-order valence-electron chi connectivity index (χ2n) is 5.11. The largest absolute Gasteiger partial charge is 0.383 e. The van der Waals surface area contributed by atoms with E-state index in [2.05, 4.69) is 29.1 Å². The van der Waals surface area contributed by atoms with Crippen LogP contribution >= 0.6 is 11.8 Å². The maximum atomic E-state index is 5.95. The van der Waals surface area contributed by atoms with Gasteiger partial charge in [-0.1, -0.05) is 13.8 Å². The molecule has 1 aliphatic rings. The van der Waals surface area contributed by atoms with Gasteiger partial charge in [0.15, 0.2) is 0 Å². The summed E-state index contributed by atoms with van der Waals surface area (Å²) in [5.74, 6) is 3.90. The molecule has 2 rings (SSSR count). The fraction of sp³-hybridized carbons (Fsp3) is 0.692. The van der Waals surface area contributed by atoms with Crippen LogP contribution in [-0.4, -0.2) is 27.5 Å². The van der Waals surface area contributed by atoms with Crippen molar-refractivity contribution < 1.29 is 0 Å². The summed E-state index contributed by atoms with van der Waals surface area (Å²) >= 11 is 2.05. The smallest absolute Gasteiger partial charge is 0.135 e. The van der Waals surface area contributed by atoms with Crippen LogP contribution in [0.25, 0.3) is 0 Å². The van der Waals surface area contributed by atoms with Gasteiger partial charge in [0.2, 0.25) is 0 Å². The Morgan fingerprint density at radius 3 is 2.83 bits per heavy atom. The van der Waals surface area contributed by atoms with Crippen molar-refractivity contribution in [3.8, 4) is 0 Å². The molecule has 1 aromatic rings. The van der Waals surface area contributed by atoms with Gasteiger partial charge >= 0.3 is 0 Å². The lowest BCUT2D eigenvalue weighted by Gasteiger charge is -2.15. The van der Waals surface area contributed by atoms with E-state index in [-0.39, 0.29) is 0 Å². The number of nitrogens with zero attached hydrogens (tertiary/aromatic N) is 2. The summed E-state index contributed by atoms with van der Waals surface area (Å²) in [6.07, 6.45) is 2.63. The molecule has 2 heterocycles. The fourth-order valence-electron chi connectivity index (χ4n) is 2.00. The minimum atomic E-state index is 0.300. The van der Waals surface area contributed by atoms with Crippen molar-refractivity contribution in [1.29, 1.82) is 0 Å². The molecule has 0 radical (unpaired) electrons. The van der Waals surface area contributed by atoms with E-state index < -0.39 is 0 Å². The zero-order chi connectivity index (χ0) is 13.1. The lowest BCUT2D eigenvalue weighted by molar-refractivity contribution is 0.768.